The summed E-state index contributed by atoms with van der Waals surface area (Å²) in [4.78, 5) is 0. The van der Waals surface area contributed by atoms with Gasteiger partial charge in [-0.15, -0.1) is 0 Å². The van der Waals surface area contributed by atoms with Crippen molar-refractivity contribution in [3.63, 3.8) is 0 Å². The molecule has 0 spiro atoms. The molecule has 0 aliphatic rings. The third kappa shape index (κ3) is 1.85. The summed E-state index contributed by atoms with van der Waals surface area (Å²) in [6, 6.07) is 3.68. The fourth-order valence-electron chi connectivity index (χ4n) is 1.09. The van der Waals surface area contributed by atoms with Gasteiger partial charge in [0, 0.05) is 7.05 Å². The second-order valence-electron chi connectivity index (χ2n) is 2.52. The van der Waals surface area contributed by atoms with E-state index in [2.05, 4.69) is 5.32 Å². The zero-order valence-electron chi connectivity index (χ0n) is 6.94. The van der Waals surface area contributed by atoms with Crippen molar-refractivity contribution in [1.29, 1.82) is 0 Å². The van der Waals surface area contributed by atoms with Crippen LogP contribution in [-0.2, 0) is 6.18 Å². The molecule has 0 saturated heterocycles. The highest BCUT2D eigenvalue weighted by atomic mass is 19.4. The summed E-state index contributed by atoms with van der Waals surface area (Å²) in [5.74, 6) is 0. The molecule has 0 amide bonds. The van der Waals surface area contributed by atoms with E-state index >= 15 is 0 Å². The second kappa shape index (κ2) is 3.16. The Hall–Kier alpha value is -1.39. The van der Waals surface area contributed by atoms with E-state index in [1.807, 2.05) is 0 Å². The Kier molecular flexibility index (Phi) is 2.36. The van der Waals surface area contributed by atoms with Crippen molar-refractivity contribution < 1.29 is 13.2 Å². The predicted molar refractivity (Wildman–Crippen MR) is 45.4 cm³/mol. The van der Waals surface area contributed by atoms with Crippen LogP contribution in [0, 0.1) is 0 Å². The molecule has 72 valence electrons. The minimum Gasteiger partial charge on any atom is -0.397 e. The molecule has 0 aliphatic carbocycles. The monoisotopic (exact) mass is 190 g/mol. The normalized spacial score (nSPS) is 11.4. The number of hydrogen-bond acceptors (Lipinski definition) is 2. The number of para-hydroxylation sites is 1. The van der Waals surface area contributed by atoms with E-state index in [0.29, 0.717) is 0 Å². The van der Waals surface area contributed by atoms with Gasteiger partial charge in [-0.2, -0.15) is 13.2 Å². The summed E-state index contributed by atoms with van der Waals surface area (Å²) >= 11 is 0. The van der Waals surface area contributed by atoms with Gasteiger partial charge in [0.2, 0.25) is 0 Å². The molecular formula is C8H9F3N2. The molecule has 0 aliphatic heterocycles. The first-order valence-electron chi connectivity index (χ1n) is 3.60. The SMILES string of the molecule is CNc1c(N)cccc1C(F)(F)F. The zero-order chi connectivity index (χ0) is 10.1. The summed E-state index contributed by atoms with van der Waals surface area (Å²) < 4.78 is 37.0. The minimum absolute atomic E-state index is 0.0741. The maximum absolute atomic E-state index is 12.3. The molecule has 13 heavy (non-hydrogen) atoms. The van der Waals surface area contributed by atoms with Gasteiger partial charge in [-0.3, -0.25) is 0 Å². The number of benzene rings is 1. The van der Waals surface area contributed by atoms with Gasteiger partial charge in [0.25, 0.3) is 0 Å². The van der Waals surface area contributed by atoms with Gasteiger partial charge < -0.3 is 11.1 Å². The van der Waals surface area contributed by atoms with Crippen LogP contribution in [0.25, 0.3) is 0 Å². The van der Waals surface area contributed by atoms with Crippen LogP contribution in [0.4, 0.5) is 24.5 Å². The van der Waals surface area contributed by atoms with E-state index in [1.165, 1.54) is 19.2 Å². The van der Waals surface area contributed by atoms with Gasteiger partial charge >= 0.3 is 6.18 Å². The molecule has 1 aromatic carbocycles. The first-order chi connectivity index (χ1) is 5.96. The van der Waals surface area contributed by atoms with Crippen molar-refractivity contribution in [1.82, 2.24) is 0 Å². The first kappa shape index (κ1) is 9.70. The van der Waals surface area contributed by atoms with Gasteiger partial charge in [0.05, 0.1) is 16.9 Å². The van der Waals surface area contributed by atoms with E-state index < -0.39 is 11.7 Å². The van der Waals surface area contributed by atoms with Gasteiger partial charge in [0.15, 0.2) is 0 Å². The number of alkyl halides is 3. The molecule has 1 rings (SSSR count). The summed E-state index contributed by atoms with van der Waals surface area (Å²) in [6.07, 6.45) is -4.37. The third-order valence-corrected chi connectivity index (χ3v) is 1.65. The fourth-order valence-corrected chi connectivity index (χ4v) is 1.09. The Morgan fingerprint density at radius 3 is 2.31 bits per heavy atom. The lowest BCUT2D eigenvalue weighted by Gasteiger charge is -2.13. The fraction of sp³-hybridized carbons (Fsp3) is 0.250. The molecule has 0 saturated carbocycles. The molecule has 0 atom stereocenters. The van der Waals surface area contributed by atoms with Gasteiger partial charge in [-0.1, -0.05) is 6.07 Å². The summed E-state index contributed by atoms with van der Waals surface area (Å²) in [5.41, 5.74) is 4.65. The number of nitrogens with two attached hydrogens (primary N) is 1. The van der Waals surface area contributed by atoms with Crippen molar-refractivity contribution in [2.24, 2.45) is 0 Å². The molecule has 0 aromatic heterocycles. The Morgan fingerprint density at radius 2 is 1.92 bits per heavy atom. The Bertz CT molecular complexity index is 307. The zero-order valence-corrected chi connectivity index (χ0v) is 6.94. The van der Waals surface area contributed by atoms with E-state index in [1.54, 1.807) is 0 Å². The summed E-state index contributed by atoms with van der Waals surface area (Å²) in [5, 5.41) is 2.43. The van der Waals surface area contributed by atoms with Gasteiger partial charge in [-0.05, 0) is 12.1 Å². The quantitative estimate of drug-likeness (QED) is 0.667. The topological polar surface area (TPSA) is 38.0 Å². The van der Waals surface area contributed by atoms with Crippen molar-refractivity contribution in [3.8, 4) is 0 Å². The highest BCUT2D eigenvalue weighted by Crippen LogP contribution is 2.37. The molecule has 3 N–H and O–H groups in total. The molecule has 0 unspecified atom stereocenters. The van der Waals surface area contributed by atoms with Crippen LogP contribution in [0.15, 0.2) is 18.2 Å². The van der Waals surface area contributed by atoms with Crippen molar-refractivity contribution >= 4 is 11.4 Å². The lowest BCUT2D eigenvalue weighted by molar-refractivity contribution is -0.136. The number of rotatable bonds is 1. The molecule has 0 fully saturated rings. The average Bonchev–Trinajstić information content (AvgIpc) is 2.02. The van der Waals surface area contributed by atoms with Gasteiger partial charge in [0.1, 0.15) is 0 Å². The lowest BCUT2D eigenvalue weighted by atomic mass is 10.1. The largest absolute Gasteiger partial charge is 0.418 e. The molecular weight excluding hydrogens is 181 g/mol. The lowest BCUT2D eigenvalue weighted by Crippen LogP contribution is -2.10. The number of nitrogen functional groups attached to an aromatic ring is 1. The Balaban J connectivity index is 3.29. The predicted octanol–water partition coefficient (Wildman–Crippen LogP) is 2.33. The highest BCUT2D eigenvalue weighted by molar-refractivity contribution is 5.70. The molecule has 0 bridgehead atoms. The van der Waals surface area contributed by atoms with Crippen molar-refractivity contribution in [2.75, 3.05) is 18.1 Å². The third-order valence-electron chi connectivity index (χ3n) is 1.65. The van der Waals surface area contributed by atoms with E-state index in [-0.39, 0.29) is 11.4 Å². The molecule has 0 heterocycles. The summed E-state index contributed by atoms with van der Waals surface area (Å²) in [6.45, 7) is 0. The van der Waals surface area contributed by atoms with Crippen LogP contribution >= 0.6 is 0 Å². The average molecular weight is 190 g/mol. The van der Waals surface area contributed by atoms with Crippen LogP contribution in [0.3, 0.4) is 0 Å². The van der Waals surface area contributed by atoms with E-state index in [0.717, 1.165) is 6.07 Å². The number of anilines is 2. The smallest absolute Gasteiger partial charge is 0.397 e. The number of hydrogen-bond donors (Lipinski definition) is 2. The Morgan fingerprint density at radius 1 is 1.31 bits per heavy atom. The van der Waals surface area contributed by atoms with Crippen LogP contribution in [0.5, 0.6) is 0 Å². The van der Waals surface area contributed by atoms with Crippen LogP contribution in [-0.4, -0.2) is 7.05 Å². The van der Waals surface area contributed by atoms with Crippen LogP contribution in [0.2, 0.25) is 0 Å². The first-order valence-corrected chi connectivity index (χ1v) is 3.60. The van der Waals surface area contributed by atoms with Crippen LogP contribution in [0.1, 0.15) is 5.56 Å². The maximum Gasteiger partial charge on any atom is 0.418 e. The molecule has 0 radical (unpaired) electrons. The maximum atomic E-state index is 12.3. The van der Waals surface area contributed by atoms with E-state index in [9.17, 15) is 13.2 Å². The number of nitrogens with one attached hydrogen (secondary N) is 1. The number of halogens is 3. The van der Waals surface area contributed by atoms with Crippen molar-refractivity contribution in [3.05, 3.63) is 23.8 Å². The van der Waals surface area contributed by atoms with Crippen LogP contribution < -0.4 is 11.1 Å². The minimum atomic E-state index is -4.37. The highest BCUT2D eigenvalue weighted by Gasteiger charge is 2.33. The second-order valence-corrected chi connectivity index (χ2v) is 2.52. The molecule has 2 nitrogen and oxygen atoms in total. The molecule has 5 heteroatoms. The van der Waals surface area contributed by atoms with Gasteiger partial charge in [-0.25, -0.2) is 0 Å². The Labute approximate surface area is 73.5 Å². The summed E-state index contributed by atoms with van der Waals surface area (Å²) in [7, 11) is 1.40. The van der Waals surface area contributed by atoms with E-state index in [4.69, 9.17) is 5.73 Å². The van der Waals surface area contributed by atoms with Crippen molar-refractivity contribution in [2.45, 2.75) is 6.18 Å². The molecule has 1 aromatic rings. The standard InChI is InChI=1S/C8H9F3N2/c1-13-7-5(8(9,10)11)3-2-4-6(7)12/h2-4,13H,12H2,1H3.